The normalized spacial score (nSPS) is 15.0. The van der Waals surface area contributed by atoms with E-state index in [9.17, 15) is 18.3 Å². The zero-order chi connectivity index (χ0) is 20.1. The number of sulfonamides is 1. The number of hydrazone groups is 1. The van der Waals surface area contributed by atoms with E-state index in [-0.39, 0.29) is 10.6 Å². The van der Waals surface area contributed by atoms with Gasteiger partial charge in [0.2, 0.25) is 10.0 Å². The molecule has 1 fully saturated rings. The highest BCUT2D eigenvalue weighted by Gasteiger charge is 2.27. The number of aromatic hydroxyl groups is 1. The Morgan fingerprint density at radius 3 is 2.50 bits per heavy atom. The second kappa shape index (κ2) is 8.41. The molecule has 2 aromatic rings. The number of benzene rings is 2. The molecule has 148 valence electrons. The molecule has 1 saturated heterocycles. The molecule has 1 heterocycles. The average molecular weight is 403 g/mol. The van der Waals surface area contributed by atoms with E-state index >= 15 is 0 Å². The van der Waals surface area contributed by atoms with Gasteiger partial charge in [-0.05, 0) is 60.9 Å². The molecule has 1 aliphatic heterocycles. The Bertz CT molecular complexity index is 981. The fraction of sp³-hybridized carbons (Fsp3) is 0.263. The number of amides is 1. The first-order chi connectivity index (χ1) is 13.4. The molecular weight excluding hydrogens is 382 g/mol. The van der Waals surface area contributed by atoms with Crippen LogP contribution in [0.1, 0.15) is 28.8 Å². The van der Waals surface area contributed by atoms with Crippen LogP contribution in [0.25, 0.3) is 0 Å². The molecule has 1 aliphatic rings. The monoisotopic (exact) mass is 403 g/mol. The third-order valence-electron chi connectivity index (χ3n) is 4.40. The molecule has 0 spiro atoms. The van der Waals surface area contributed by atoms with Gasteiger partial charge in [0.05, 0.1) is 18.2 Å². The van der Waals surface area contributed by atoms with E-state index in [0.29, 0.717) is 30.0 Å². The zero-order valence-electron chi connectivity index (χ0n) is 15.3. The standard InChI is InChI=1S/C19H21N3O5S/c1-27-18-12-14(4-9-17(18)23)13-20-21-19(24)15-5-7-16(8-6-15)28(25,26)22-10-2-3-11-22/h4-9,12-13,23H,2-3,10-11H2,1H3,(H,21,24)/b20-13+. The highest BCUT2D eigenvalue weighted by molar-refractivity contribution is 7.89. The van der Waals surface area contributed by atoms with Gasteiger partial charge in [0.25, 0.3) is 5.91 Å². The minimum atomic E-state index is -3.50. The van der Waals surface area contributed by atoms with Crippen LogP contribution in [-0.4, -0.2) is 50.2 Å². The van der Waals surface area contributed by atoms with Crippen molar-refractivity contribution in [1.29, 1.82) is 0 Å². The van der Waals surface area contributed by atoms with E-state index in [0.717, 1.165) is 12.8 Å². The summed E-state index contributed by atoms with van der Waals surface area (Å²) in [5.74, 6) is -0.162. The van der Waals surface area contributed by atoms with E-state index in [1.54, 1.807) is 12.1 Å². The van der Waals surface area contributed by atoms with Crippen molar-refractivity contribution in [2.24, 2.45) is 5.10 Å². The average Bonchev–Trinajstić information content (AvgIpc) is 3.25. The number of nitrogens with zero attached hydrogens (tertiary/aromatic N) is 2. The molecule has 0 radical (unpaired) electrons. The van der Waals surface area contributed by atoms with Crippen LogP contribution in [0.15, 0.2) is 52.5 Å². The second-order valence-electron chi connectivity index (χ2n) is 6.27. The van der Waals surface area contributed by atoms with Crippen LogP contribution in [0.4, 0.5) is 0 Å². The Morgan fingerprint density at radius 2 is 1.86 bits per heavy atom. The van der Waals surface area contributed by atoms with E-state index in [1.807, 2.05) is 0 Å². The fourth-order valence-electron chi connectivity index (χ4n) is 2.86. The van der Waals surface area contributed by atoms with Crippen molar-refractivity contribution < 1.29 is 23.1 Å². The lowest BCUT2D eigenvalue weighted by atomic mass is 10.2. The number of hydrogen-bond acceptors (Lipinski definition) is 6. The van der Waals surface area contributed by atoms with Gasteiger partial charge >= 0.3 is 0 Å². The zero-order valence-corrected chi connectivity index (χ0v) is 16.1. The molecule has 0 bridgehead atoms. The molecule has 3 rings (SSSR count). The first kappa shape index (κ1) is 19.8. The highest BCUT2D eigenvalue weighted by Crippen LogP contribution is 2.25. The van der Waals surface area contributed by atoms with Crippen LogP contribution in [0.5, 0.6) is 11.5 Å². The predicted octanol–water partition coefficient (Wildman–Crippen LogP) is 1.95. The van der Waals surface area contributed by atoms with Crippen LogP contribution >= 0.6 is 0 Å². The van der Waals surface area contributed by atoms with Crippen molar-refractivity contribution >= 4 is 22.1 Å². The quantitative estimate of drug-likeness (QED) is 0.566. The lowest BCUT2D eigenvalue weighted by Gasteiger charge is -2.15. The predicted molar refractivity (Wildman–Crippen MR) is 104 cm³/mol. The van der Waals surface area contributed by atoms with Gasteiger partial charge in [-0.3, -0.25) is 4.79 Å². The first-order valence-corrected chi connectivity index (χ1v) is 10.2. The van der Waals surface area contributed by atoms with Gasteiger partial charge in [-0.1, -0.05) is 0 Å². The third-order valence-corrected chi connectivity index (χ3v) is 6.32. The second-order valence-corrected chi connectivity index (χ2v) is 8.20. The lowest BCUT2D eigenvalue weighted by molar-refractivity contribution is 0.0955. The maximum Gasteiger partial charge on any atom is 0.271 e. The lowest BCUT2D eigenvalue weighted by Crippen LogP contribution is -2.28. The van der Waals surface area contributed by atoms with Crippen LogP contribution in [0.2, 0.25) is 0 Å². The summed E-state index contributed by atoms with van der Waals surface area (Å²) in [5.41, 5.74) is 3.30. The summed E-state index contributed by atoms with van der Waals surface area (Å²) in [6.07, 6.45) is 3.14. The van der Waals surface area contributed by atoms with E-state index in [4.69, 9.17) is 4.74 Å². The number of rotatable bonds is 6. The molecule has 8 nitrogen and oxygen atoms in total. The molecule has 28 heavy (non-hydrogen) atoms. The number of carbonyl (C=O) groups is 1. The molecule has 2 N–H and O–H groups in total. The Kier molecular flexibility index (Phi) is 5.96. The summed E-state index contributed by atoms with van der Waals surface area (Å²) in [7, 11) is -2.07. The Balaban J connectivity index is 1.65. The highest BCUT2D eigenvalue weighted by atomic mass is 32.2. The summed E-state index contributed by atoms with van der Waals surface area (Å²) < 4.78 is 31.5. The van der Waals surface area contributed by atoms with E-state index in [2.05, 4.69) is 10.5 Å². The molecule has 0 aliphatic carbocycles. The molecule has 0 unspecified atom stereocenters. The molecule has 0 saturated carbocycles. The number of carbonyl (C=O) groups excluding carboxylic acids is 1. The van der Waals surface area contributed by atoms with Crippen molar-refractivity contribution in [2.45, 2.75) is 17.7 Å². The molecule has 1 amide bonds. The molecule has 0 atom stereocenters. The number of phenolic OH excluding ortho intramolecular Hbond substituents is 1. The topological polar surface area (TPSA) is 108 Å². The summed E-state index contributed by atoms with van der Waals surface area (Å²) in [6.45, 7) is 1.06. The largest absolute Gasteiger partial charge is 0.504 e. The summed E-state index contributed by atoms with van der Waals surface area (Å²) in [5, 5.41) is 13.4. The van der Waals surface area contributed by atoms with Gasteiger partial charge in [0.15, 0.2) is 11.5 Å². The Morgan fingerprint density at radius 1 is 1.18 bits per heavy atom. The van der Waals surface area contributed by atoms with Crippen molar-refractivity contribution in [1.82, 2.24) is 9.73 Å². The number of phenols is 1. The minimum absolute atomic E-state index is 0.00709. The first-order valence-electron chi connectivity index (χ1n) is 8.72. The number of ether oxygens (including phenoxy) is 1. The van der Waals surface area contributed by atoms with Gasteiger partial charge < -0.3 is 9.84 Å². The van der Waals surface area contributed by atoms with Gasteiger partial charge in [-0.2, -0.15) is 9.41 Å². The fourth-order valence-corrected chi connectivity index (χ4v) is 4.38. The summed E-state index contributed by atoms with van der Waals surface area (Å²) >= 11 is 0. The van der Waals surface area contributed by atoms with Crippen molar-refractivity contribution in [3.8, 4) is 11.5 Å². The van der Waals surface area contributed by atoms with Gasteiger partial charge in [0, 0.05) is 18.7 Å². The Hall–Kier alpha value is -2.91. The van der Waals surface area contributed by atoms with Crippen molar-refractivity contribution in [3.63, 3.8) is 0 Å². The van der Waals surface area contributed by atoms with Crippen LogP contribution in [0, 0.1) is 0 Å². The van der Waals surface area contributed by atoms with E-state index < -0.39 is 15.9 Å². The molecule has 2 aromatic carbocycles. The third kappa shape index (κ3) is 4.32. The van der Waals surface area contributed by atoms with Crippen LogP contribution in [0.3, 0.4) is 0 Å². The van der Waals surface area contributed by atoms with Gasteiger partial charge in [0.1, 0.15) is 0 Å². The maximum absolute atomic E-state index is 12.5. The molecule has 9 heteroatoms. The van der Waals surface area contributed by atoms with Crippen molar-refractivity contribution in [2.75, 3.05) is 20.2 Å². The number of hydrogen-bond donors (Lipinski definition) is 2. The van der Waals surface area contributed by atoms with Gasteiger partial charge in [-0.25, -0.2) is 13.8 Å². The summed E-state index contributed by atoms with van der Waals surface area (Å²) in [6, 6.07) is 10.4. The van der Waals surface area contributed by atoms with Crippen LogP contribution in [-0.2, 0) is 10.0 Å². The van der Waals surface area contributed by atoms with Crippen molar-refractivity contribution in [3.05, 3.63) is 53.6 Å². The molecule has 0 aromatic heterocycles. The minimum Gasteiger partial charge on any atom is -0.504 e. The smallest absolute Gasteiger partial charge is 0.271 e. The summed E-state index contributed by atoms with van der Waals surface area (Å²) in [4.78, 5) is 12.4. The maximum atomic E-state index is 12.5. The SMILES string of the molecule is COc1cc(/C=N/NC(=O)c2ccc(S(=O)(=O)N3CCCC3)cc2)ccc1O. The van der Waals surface area contributed by atoms with Gasteiger partial charge in [-0.15, -0.1) is 0 Å². The number of methoxy groups -OCH3 is 1. The molecular formula is C19H21N3O5S. The Labute approximate surface area is 163 Å². The van der Waals surface area contributed by atoms with E-state index in [1.165, 1.54) is 48.0 Å². The van der Waals surface area contributed by atoms with Crippen LogP contribution < -0.4 is 10.2 Å². The number of nitrogens with one attached hydrogen (secondary N) is 1.